The first-order valence-electron chi connectivity index (χ1n) is 6.66. The molecule has 0 amide bonds. The second kappa shape index (κ2) is 5.89. The third-order valence-electron chi connectivity index (χ3n) is 3.60. The molecule has 0 aromatic rings. The van der Waals surface area contributed by atoms with Gasteiger partial charge >= 0.3 is 0 Å². The van der Waals surface area contributed by atoms with Crippen LogP contribution in [0.3, 0.4) is 0 Å². The number of sulfone groups is 1. The van der Waals surface area contributed by atoms with Crippen molar-refractivity contribution in [3.8, 4) is 0 Å². The van der Waals surface area contributed by atoms with Crippen molar-refractivity contribution in [2.75, 3.05) is 18.1 Å². The third kappa shape index (κ3) is 4.34. The Kier molecular flexibility index (Phi) is 4.48. The molecule has 0 N–H and O–H groups in total. The Hall–Kier alpha value is -0.510. The number of rotatable bonds is 5. The van der Waals surface area contributed by atoms with E-state index in [9.17, 15) is 8.42 Å². The van der Waals surface area contributed by atoms with E-state index in [0.29, 0.717) is 17.4 Å². The zero-order chi connectivity index (χ0) is 12.1. The summed E-state index contributed by atoms with van der Waals surface area (Å²) in [5.41, 5.74) is 1.45. The van der Waals surface area contributed by atoms with E-state index < -0.39 is 9.84 Å². The number of ether oxygens (including phenoxy) is 1. The fraction of sp³-hybridized carbons (Fsp3) is 0.846. The van der Waals surface area contributed by atoms with Crippen LogP contribution in [0, 0.1) is 5.92 Å². The SMILES string of the molecule is O=S1(=O)CC(CCCOC=C2CCCCC2)C1. The summed E-state index contributed by atoms with van der Waals surface area (Å²) in [6.45, 7) is 0.736. The van der Waals surface area contributed by atoms with Crippen LogP contribution in [-0.2, 0) is 14.6 Å². The maximum atomic E-state index is 11.0. The Morgan fingerprint density at radius 1 is 1.18 bits per heavy atom. The summed E-state index contributed by atoms with van der Waals surface area (Å²) in [5, 5.41) is 0. The lowest BCUT2D eigenvalue weighted by Crippen LogP contribution is -2.36. The Balaban J connectivity index is 1.52. The summed E-state index contributed by atoms with van der Waals surface area (Å²) in [6, 6.07) is 0. The lowest BCUT2D eigenvalue weighted by molar-refractivity contribution is 0.230. The van der Waals surface area contributed by atoms with Crippen molar-refractivity contribution in [1.29, 1.82) is 0 Å². The lowest BCUT2D eigenvalue weighted by atomic mass is 9.96. The summed E-state index contributed by atoms with van der Waals surface area (Å²) in [4.78, 5) is 0. The molecule has 0 unspecified atom stereocenters. The molecular formula is C13H22O3S. The van der Waals surface area contributed by atoms with E-state index >= 15 is 0 Å². The normalized spacial score (nSPS) is 24.1. The van der Waals surface area contributed by atoms with Crippen molar-refractivity contribution in [3.05, 3.63) is 11.8 Å². The quantitative estimate of drug-likeness (QED) is 0.562. The molecule has 1 aliphatic heterocycles. The van der Waals surface area contributed by atoms with Gasteiger partial charge in [0.15, 0.2) is 9.84 Å². The molecule has 17 heavy (non-hydrogen) atoms. The third-order valence-corrected chi connectivity index (χ3v) is 5.56. The fourth-order valence-corrected chi connectivity index (χ4v) is 4.26. The molecule has 0 spiro atoms. The van der Waals surface area contributed by atoms with E-state index in [1.54, 1.807) is 0 Å². The lowest BCUT2D eigenvalue weighted by Gasteiger charge is -2.25. The topological polar surface area (TPSA) is 43.4 Å². The van der Waals surface area contributed by atoms with Gasteiger partial charge in [0.2, 0.25) is 0 Å². The van der Waals surface area contributed by atoms with Gasteiger partial charge in [-0.05, 0) is 50.0 Å². The smallest absolute Gasteiger partial charge is 0.150 e. The summed E-state index contributed by atoms with van der Waals surface area (Å²) in [5.74, 6) is 1.19. The maximum absolute atomic E-state index is 11.0. The van der Waals surface area contributed by atoms with Crippen molar-refractivity contribution in [3.63, 3.8) is 0 Å². The average molecular weight is 258 g/mol. The van der Waals surface area contributed by atoms with Crippen LogP contribution >= 0.6 is 0 Å². The standard InChI is InChI=1S/C13H22O3S/c14-17(15)10-13(11-17)7-4-8-16-9-12-5-2-1-3-6-12/h9,13H,1-8,10-11H2. The zero-order valence-electron chi connectivity index (χ0n) is 10.4. The summed E-state index contributed by atoms with van der Waals surface area (Å²) >= 11 is 0. The highest BCUT2D eigenvalue weighted by Crippen LogP contribution is 2.24. The van der Waals surface area contributed by atoms with E-state index in [1.165, 1.54) is 37.7 Å². The first-order valence-corrected chi connectivity index (χ1v) is 8.48. The van der Waals surface area contributed by atoms with Crippen molar-refractivity contribution < 1.29 is 13.2 Å². The number of hydrogen-bond acceptors (Lipinski definition) is 3. The molecule has 3 nitrogen and oxygen atoms in total. The Bertz CT molecular complexity index is 350. The number of hydrogen-bond donors (Lipinski definition) is 0. The van der Waals surface area contributed by atoms with Gasteiger partial charge in [0.1, 0.15) is 0 Å². The molecular weight excluding hydrogens is 236 g/mol. The van der Waals surface area contributed by atoms with Gasteiger partial charge in [0.05, 0.1) is 24.4 Å². The molecule has 98 valence electrons. The van der Waals surface area contributed by atoms with Crippen LogP contribution in [0.4, 0.5) is 0 Å². The average Bonchev–Trinajstić information content (AvgIpc) is 2.27. The molecule has 2 rings (SSSR count). The molecule has 1 aliphatic carbocycles. The minimum atomic E-state index is -2.64. The van der Waals surface area contributed by atoms with Gasteiger partial charge < -0.3 is 4.74 Å². The monoisotopic (exact) mass is 258 g/mol. The van der Waals surface area contributed by atoms with Crippen LogP contribution in [0.1, 0.15) is 44.9 Å². The molecule has 0 aromatic carbocycles. The van der Waals surface area contributed by atoms with Crippen molar-refractivity contribution in [2.24, 2.45) is 5.92 Å². The van der Waals surface area contributed by atoms with Gasteiger partial charge in [-0.3, -0.25) is 0 Å². The van der Waals surface area contributed by atoms with Crippen LogP contribution in [0.15, 0.2) is 11.8 Å². The summed E-state index contributed by atoms with van der Waals surface area (Å²) in [6.07, 6.45) is 10.3. The minimum absolute atomic E-state index is 0.394. The predicted octanol–water partition coefficient (Wildman–Crippen LogP) is 2.68. The molecule has 0 radical (unpaired) electrons. The van der Waals surface area contributed by atoms with Crippen LogP contribution < -0.4 is 0 Å². The van der Waals surface area contributed by atoms with Crippen LogP contribution in [0.25, 0.3) is 0 Å². The van der Waals surface area contributed by atoms with E-state index in [4.69, 9.17) is 4.74 Å². The maximum Gasteiger partial charge on any atom is 0.150 e. The van der Waals surface area contributed by atoms with Crippen molar-refractivity contribution in [2.45, 2.75) is 44.9 Å². The molecule has 0 atom stereocenters. The molecule has 2 fully saturated rings. The zero-order valence-corrected chi connectivity index (χ0v) is 11.2. The van der Waals surface area contributed by atoms with Crippen LogP contribution in [-0.4, -0.2) is 26.5 Å². The van der Waals surface area contributed by atoms with Gasteiger partial charge in [0, 0.05) is 0 Å². The largest absolute Gasteiger partial charge is 0.501 e. The van der Waals surface area contributed by atoms with Crippen molar-refractivity contribution in [1.82, 2.24) is 0 Å². The second-order valence-electron chi connectivity index (χ2n) is 5.29. The van der Waals surface area contributed by atoms with Crippen LogP contribution in [0.5, 0.6) is 0 Å². The second-order valence-corrected chi connectivity index (χ2v) is 7.45. The van der Waals surface area contributed by atoms with Gasteiger partial charge in [-0.2, -0.15) is 0 Å². The molecule has 0 aromatic heterocycles. The Morgan fingerprint density at radius 3 is 2.53 bits per heavy atom. The highest BCUT2D eigenvalue weighted by atomic mass is 32.2. The van der Waals surface area contributed by atoms with Gasteiger partial charge in [-0.15, -0.1) is 0 Å². The molecule has 2 aliphatic rings. The Labute approximate surface area is 104 Å². The van der Waals surface area contributed by atoms with E-state index in [2.05, 4.69) is 0 Å². The highest BCUT2D eigenvalue weighted by molar-refractivity contribution is 7.92. The highest BCUT2D eigenvalue weighted by Gasteiger charge is 2.32. The first kappa shape index (κ1) is 12.9. The molecule has 4 heteroatoms. The number of allylic oxidation sites excluding steroid dienone is 1. The molecule has 1 saturated carbocycles. The van der Waals surface area contributed by atoms with Crippen molar-refractivity contribution >= 4 is 9.84 Å². The molecule has 1 heterocycles. The van der Waals surface area contributed by atoms with Crippen LogP contribution in [0.2, 0.25) is 0 Å². The summed E-state index contributed by atoms with van der Waals surface area (Å²) in [7, 11) is -2.64. The van der Waals surface area contributed by atoms with E-state index in [-0.39, 0.29) is 0 Å². The minimum Gasteiger partial charge on any atom is -0.501 e. The Morgan fingerprint density at radius 2 is 1.88 bits per heavy atom. The van der Waals surface area contributed by atoms with Gasteiger partial charge in [-0.1, -0.05) is 6.42 Å². The van der Waals surface area contributed by atoms with E-state index in [0.717, 1.165) is 19.4 Å². The summed E-state index contributed by atoms with van der Waals surface area (Å²) < 4.78 is 27.4. The van der Waals surface area contributed by atoms with Gasteiger partial charge in [0.25, 0.3) is 0 Å². The van der Waals surface area contributed by atoms with E-state index in [1.807, 2.05) is 6.26 Å². The fourth-order valence-electron chi connectivity index (χ4n) is 2.59. The molecule has 1 saturated heterocycles. The first-order chi connectivity index (χ1) is 8.16. The van der Waals surface area contributed by atoms with Gasteiger partial charge in [-0.25, -0.2) is 8.42 Å². The molecule has 0 bridgehead atoms. The predicted molar refractivity (Wildman–Crippen MR) is 68.5 cm³/mol.